The maximum Gasteiger partial charge on any atom is 0.265 e. The Morgan fingerprint density at radius 3 is 3.00 bits per heavy atom. The third-order valence-corrected chi connectivity index (χ3v) is 5.06. The third kappa shape index (κ3) is 1.77. The van der Waals surface area contributed by atoms with Crippen LogP contribution in [0.2, 0.25) is 0 Å². The molecule has 3 rings (SSSR count). The van der Waals surface area contributed by atoms with Gasteiger partial charge in [0, 0.05) is 19.1 Å². The van der Waals surface area contributed by atoms with E-state index in [0.29, 0.717) is 17.9 Å². The smallest absolute Gasteiger partial charge is 0.265 e. The number of carbonyl (C=O) groups excluding carboxylic acids is 1. The number of nitrogens with two attached hydrogens (primary N) is 1. The maximum atomic E-state index is 12.3. The first-order valence-corrected chi connectivity index (χ1v) is 6.99. The third-order valence-electron chi connectivity index (χ3n) is 4.14. The minimum Gasteiger partial charge on any atom is -0.337 e. The van der Waals surface area contributed by atoms with Gasteiger partial charge in [0.2, 0.25) is 0 Å². The molecule has 1 aromatic rings. The van der Waals surface area contributed by atoms with Crippen LogP contribution in [0.1, 0.15) is 28.2 Å². The van der Waals surface area contributed by atoms with Crippen molar-refractivity contribution < 1.29 is 4.79 Å². The molecule has 2 aliphatic rings. The van der Waals surface area contributed by atoms with Gasteiger partial charge >= 0.3 is 0 Å². The first-order chi connectivity index (χ1) is 8.16. The van der Waals surface area contributed by atoms with E-state index in [0.717, 1.165) is 30.1 Å². The van der Waals surface area contributed by atoms with E-state index in [1.165, 1.54) is 17.8 Å². The Hall–Kier alpha value is -0.940. The molecule has 1 aromatic heterocycles. The number of hydrogen-bond acceptors (Lipinski definition) is 4. The summed E-state index contributed by atoms with van der Waals surface area (Å²) in [5.74, 6) is 1.29. The van der Waals surface area contributed by atoms with E-state index in [9.17, 15) is 4.79 Å². The molecule has 1 aliphatic heterocycles. The lowest BCUT2D eigenvalue weighted by Gasteiger charge is -2.18. The Morgan fingerprint density at radius 2 is 2.35 bits per heavy atom. The summed E-state index contributed by atoms with van der Waals surface area (Å²) in [6, 6.07) is 0.292. The van der Waals surface area contributed by atoms with Crippen LogP contribution in [0.3, 0.4) is 0 Å². The molecule has 0 bridgehead atoms. The fourth-order valence-corrected chi connectivity index (χ4v) is 3.89. The summed E-state index contributed by atoms with van der Waals surface area (Å²) in [5.41, 5.74) is 8.67. The van der Waals surface area contributed by atoms with Crippen LogP contribution in [0.5, 0.6) is 0 Å². The molecule has 0 spiro atoms. The van der Waals surface area contributed by atoms with Gasteiger partial charge in [-0.15, -0.1) is 11.3 Å². The number of rotatable bonds is 1. The van der Waals surface area contributed by atoms with Gasteiger partial charge in [0.15, 0.2) is 0 Å². The van der Waals surface area contributed by atoms with Gasteiger partial charge in [-0.1, -0.05) is 0 Å². The predicted octanol–water partition coefficient (Wildman–Crippen LogP) is 1.26. The number of likely N-dealkylation sites (tertiary alicyclic amines) is 1. The van der Waals surface area contributed by atoms with Crippen LogP contribution >= 0.6 is 11.3 Å². The van der Waals surface area contributed by atoms with Crippen molar-refractivity contribution in [2.75, 3.05) is 13.1 Å². The largest absolute Gasteiger partial charge is 0.337 e. The molecule has 5 heteroatoms. The number of aryl methyl sites for hydroxylation is 1. The molecule has 1 saturated heterocycles. The van der Waals surface area contributed by atoms with Gasteiger partial charge in [0.25, 0.3) is 5.91 Å². The molecule has 1 aliphatic carbocycles. The summed E-state index contributed by atoms with van der Waals surface area (Å²) in [5, 5.41) is 0. The highest BCUT2D eigenvalue weighted by molar-refractivity contribution is 7.11. The van der Waals surface area contributed by atoms with Crippen molar-refractivity contribution in [2.24, 2.45) is 17.6 Å². The number of thiazole rings is 1. The second-order valence-electron chi connectivity index (χ2n) is 5.14. The number of hydrogen-bond donors (Lipinski definition) is 1. The van der Waals surface area contributed by atoms with E-state index in [1.807, 2.05) is 11.8 Å². The zero-order chi connectivity index (χ0) is 12.0. The first kappa shape index (κ1) is 11.2. The number of nitrogens with zero attached hydrogens (tertiary/aromatic N) is 2. The molecule has 0 radical (unpaired) electrons. The Bertz CT molecular complexity index is 445. The molecule has 3 atom stereocenters. The van der Waals surface area contributed by atoms with Crippen molar-refractivity contribution in [3.63, 3.8) is 0 Å². The van der Waals surface area contributed by atoms with Crippen LogP contribution < -0.4 is 5.73 Å². The number of aromatic nitrogens is 1. The topological polar surface area (TPSA) is 59.2 Å². The van der Waals surface area contributed by atoms with Crippen LogP contribution in [0, 0.1) is 18.8 Å². The van der Waals surface area contributed by atoms with Crippen molar-refractivity contribution in [3.8, 4) is 0 Å². The number of fused-ring (bicyclic) bond motifs is 1. The van der Waals surface area contributed by atoms with Crippen molar-refractivity contribution in [1.82, 2.24) is 9.88 Å². The molecule has 1 amide bonds. The second kappa shape index (κ2) is 4.07. The highest BCUT2D eigenvalue weighted by atomic mass is 32.1. The average molecular weight is 251 g/mol. The molecule has 0 aromatic carbocycles. The van der Waals surface area contributed by atoms with E-state index < -0.39 is 0 Å². The van der Waals surface area contributed by atoms with E-state index in [2.05, 4.69) is 4.98 Å². The Balaban J connectivity index is 1.75. The zero-order valence-corrected chi connectivity index (χ0v) is 10.7. The molecule has 92 valence electrons. The maximum absolute atomic E-state index is 12.3. The summed E-state index contributed by atoms with van der Waals surface area (Å²) in [6.07, 6.45) is 2.30. The Morgan fingerprint density at radius 1 is 1.53 bits per heavy atom. The second-order valence-corrected chi connectivity index (χ2v) is 6.00. The average Bonchev–Trinajstić information content (AvgIpc) is 2.96. The van der Waals surface area contributed by atoms with E-state index in [1.54, 1.807) is 5.51 Å². The van der Waals surface area contributed by atoms with Gasteiger partial charge in [-0.25, -0.2) is 4.98 Å². The highest BCUT2D eigenvalue weighted by Crippen LogP contribution is 2.37. The standard InChI is InChI=1S/C12H17N3OS/c1-7-11(17-6-14-7)12(16)15-4-8-2-3-10(13)9(8)5-15/h6,8-10H,2-5,13H2,1H3/t8-,9+,10+/m0/s1. The minimum atomic E-state index is 0.145. The number of carbonyl (C=O) groups is 1. The lowest BCUT2D eigenvalue weighted by atomic mass is 9.98. The van der Waals surface area contributed by atoms with Crippen molar-refractivity contribution >= 4 is 17.2 Å². The fraction of sp³-hybridized carbons (Fsp3) is 0.667. The molecule has 2 N–H and O–H groups in total. The summed E-state index contributed by atoms with van der Waals surface area (Å²) >= 11 is 1.44. The van der Waals surface area contributed by atoms with Crippen LogP contribution in [0.25, 0.3) is 0 Å². The quantitative estimate of drug-likeness (QED) is 0.817. The first-order valence-electron chi connectivity index (χ1n) is 6.11. The van der Waals surface area contributed by atoms with Crippen molar-refractivity contribution in [2.45, 2.75) is 25.8 Å². The van der Waals surface area contributed by atoms with Gasteiger partial charge in [-0.05, 0) is 31.6 Å². The molecular formula is C12H17N3OS. The van der Waals surface area contributed by atoms with Crippen LogP contribution in [0.15, 0.2) is 5.51 Å². The van der Waals surface area contributed by atoms with Crippen LogP contribution in [-0.4, -0.2) is 34.9 Å². The van der Waals surface area contributed by atoms with E-state index in [4.69, 9.17) is 5.73 Å². The van der Waals surface area contributed by atoms with Crippen molar-refractivity contribution in [3.05, 3.63) is 16.1 Å². The molecule has 4 nitrogen and oxygen atoms in total. The normalized spacial score (nSPS) is 31.9. The summed E-state index contributed by atoms with van der Waals surface area (Å²) in [7, 11) is 0. The van der Waals surface area contributed by atoms with Gasteiger partial charge in [-0.3, -0.25) is 4.79 Å². The predicted molar refractivity (Wildman–Crippen MR) is 66.9 cm³/mol. The van der Waals surface area contributed by atoms with Gasteiger partial charge in [0.1, 0.15) is 4.88 Å². The molecule has 17 heavy (non-hydrogen) atoms. The highest BCUT2D eigenvalue weighted by Gasteiger charge is 2.42. The molecule has 0 unspecified atom stereocenters. The minimum absolute atomic E-state index is 0.145. The summed E-state index contributed by atoms with van der Waals surface area (Å²) < 4.78 is 0. The summed E-state index contributed by atoms with van der Waals surface area (Å²) in [6.45, 7) is 3.61. The molecule has 2 heterocycles. The molecule has 1 saturated carbocycles. The van der Waals surface area contributed by atoms with Gasteiger partial charge < -0.3 is 10.6 Å². The zero-order valence-electron chi connectivity index (χ0n) is 9.93. The lowest BCUT2D eigenvalue weighted by molar-refractivity contribution is 0.0783. The Kier molecular flexibility index (Phi) is 2.67. The lowest BCUT2D eigenvalue weighted by Crippen LogP contribution is -2.33. The van der Waals surface area contributed by atoms with Gasteiger partial charge in [0.05, 0.1) is 11.2 Å². The monoisotopic (exact) mass is 251 g/mol. The summed E-state index contributed by atoms with van der Waals surface area (Å²) in [4.78, 5) is 19.2. The molecule has 2 fully saturated rings. The van der Waals surface area contributed by atoms with Crippen LogP contribution in [-0.2, 0) is 0 Å². The SMILES string of the molecule is Cc1ncsc1C(=O)N1C[C@@H]2CC[C@@H](N)[C@@H]2C1. The van der Waals surface area contributed by atoms with E-state index in [-0.39, 0.29) is 5.91 Å². The van der Waals surface area contributed by atoms with Crippen molar-refractivity contribution in [1.29, 1.82) is 0 Å². The number of amides is 1. The Labute approximate surface area is 105 Å². The fourth-order valence-electron chi connectivity index (χ4n) is 3.12. The van der Waals surface area contributed by atoms with Gasteiger partial charge in [-0.2, -0.15) is 0 Å². The molecular weight excluding hydrogens is 234 g/mol. The van der Waals surface area contributed by atoms with Crippen LogP contribution in [0.4, 0.5) is 0 Å². The van der Waals surface area contributed by atoms with E-state index >= 15 is 0 Å².